The molecule has 156 valence electrons. The summed E-state index contributed by atoms with van der Waals surface area (Å²) in [4.78, 5) is 25.5. The van der Waals surface area contributed by atoms with E-state index in [1.807, 2.05) is 6.07 Å². The minimum atomic E-state index is -0.516. The van der Waals surface area contributed by atoms with Crippen molar-refractivity contribution in [2.75, 3.05) is 26.1 Å². The average Bonchev–Trinajstić information content (AvgIpc) is 3.17. The van der Waals surface area contributed by atoms with Crippen LogP contribution in [0.25, 0.3) is 11.1 Å². The van der Waals surface area contributed by atoms with Crippen LogP contribution in [0.3, 0.4) is 0 Å². The van der Waals surface area contributed by atoms with Crippen molar-refractivity contribution in [3.63, 3.8) is 0 Å². The first kappa shape index (κ1) is 21.9. The largest absolute Gasteiger partial charge is 0.497 e. The molecule has 0 radical (unpaired) electrons. The molecule has 3 aromatic rings. The summed E-state index contributed by atoms with van der Waals surface area (Å²) in [5, 5.41) is 5.04. The van der Waals surface area contributed by atoms with Crippen LogP contribution in [0.4, 0.5) is 5.00 Å². The highest BCUT2D eigenvalue weighted by atomic mass is 79.9. The number of carbonyl (C=O) groups is 2. The van der Waals surface area contributed by atoms with Gasteiger partial charge in [0.05, 0.1) is 20.8 Å². The molecule has 0 unspecified atom stereocenters. The topological polar surface area (TPSA) is 73.9 Å². The van der Waals surface area contributed by atoms with Crippen LogP contribution in [-0.4, -0.2) is 32.7 Å². The highest BCUT2D eigenvalue weighted by Gasteiger charge is 2.25. The molecular formula is C22H20BrNO5S. The molecule has 0 aliphatic carbocycles. The Bertz CT molecular complexity index is 1060. The minimum absolute atomic E-state index is 0.216. The van der Waals surface area contributed by atoms with E-state index >= 15 is 0 Å². The molecule has 0 fully saturated rings. The van der Waals surface area contributed by atoms with E-state index in [9.17, 15) is 9.59 Å². The van der Waals surface area contributed by atoms with Crippen molar-refractivity contribution < 1.29 is 23.8 Å². The fourth-order valence-corrected chi connectivity index (χ4v) is 4.06. The van der Waals surface area contributed by atoms with E-state index in [4.69, 9.17) is 14.2 Å². The van der Waals surface area contributed by atoms with Crippen LogP contribution in [0.2, 0.25) is 0 Å². The maximum atomic E-state index is 12.8. The van der Waals surface area contributed by atoms with Crippen molar-refractivity contribution in [2.24, 2.45) is 0 Å². The highest BCUT2D eigenvalue weighted by Crippen LogP contribution is 2.41. The lowest BCUT2D eigenvalue weighted by molar-refractivity contribution is 0.0529. The molecule has 1 aromatic heterocycles. The third-order valence-corrected chi connectivity index (χ3v) is 5.73. The highest BCUT2D eigenvalue weighted by molar-refractivity contribution is 9.10. The Morgan fingerprint density at radius 1 is 1.03 bits per heavy atom. The normalized spacial score (nSPS) is 10.4. The summed E-state index contributed by atoms with van der Waals surface area (Å²) in [6.45, 7) is 1.95. The smallest absolute Gasteiger partial charge is 0.341 e. The number of hydrogen-bond acceptors (Lipinski definition) is 6. The summed E-state index contributed by atoms with van der Waals surface area (Å²) in [5.41, 5.74) is 2.08. The first-order valence-corrected chi connectivity index (χ1v) is 10.7. The van der Waals surface area contributed by atoms with E-state index in [2.05, 4.69) is 21.2 Å². The number of hydrogen-bond donors (Lipinski definition) is 1. The minimum Gasteiger partial charge on any atom is -0.497 e. The summed E-state index contributed by atoms with van der Waals surface area (Å²) >= 11 is 4.60. The second-order valence-corrected chi connectivity index (χ2v) is 7.90. The fraction of sp³-hybridized carbons (Fsp3) is 0.182. The number of thiophene rings is 1. The van der Waals surface area contributed by atoms with Gasteiger partial charge in [-0.2, -0.15) is 0 Å². The van der Waals surface area contributed by atoms with Crippen LogP contribution < -0.4 is 14.8 Å². The van der Waals surface area contributed by atoms with Gasteiger partial charge in [0.15, 0.2) is 0 Å². The lowest BCUT2D eigenvalue weighted by Gasteiger charge is -2.12. The third-order valence-electron chi connectivity index (χ3n) is 4.30. The lowest BCUT2D eigenvalue weighted by Crippen LogP contribution is -2.14. The van der Waals surface area contributed by atoms with Gasteiger partial charge >= 0.3 is 5.97 Å². The maximum Gasteiger partial charge on any atom is 0.341 e. The molecule has 0 atom stereocenters. The van der Waals surface area contributed by atoms with Gasteiger partial charge in [-0.1, -0.05) is 15.9 Å². The number of halogens is 1. The van der Waals surface area contributed by atoms with Crippen molar-refractivity contribution in [2.45, 2.75) is 6.92 Å². The molecule has 0 spiro atoms. The zero-order chi connectivity index (χ0) is 21.7. The molecule has 0 saturated heterocycles. The summed E-state index contributed by atoms with van der Waals surface area (Å²) in [6.07, 6.45) is 0. The standard InChI is InChI=1S/C22H20BrNO5S/c1-4-29-22(26)19-17(16-10-9-15(27-2)11-18(16)28-3)12-30-21(19)24-20(25)13-5-7-14(23)8-6-13/h5-12H,4H2,1-3H3,(H,24,25). The van der Waals surface area contributed by atoms with Crippen molar-refractivity contribution in [3.8, 4) is 22.6 Å². The molecule has 30 heavy (non-hydrogen) atoms. The van der Waals surface area contributed by atoms with Gasteiger partial charge in [-0.15, -0.1) is 11.3 Å². The van der Waals surface area contributed by atoms with E-state index in [0.29, 0.717) is 33.2 Å². The Hall–Kier alpha value is -2.84. The van der Waals surface area contributed by atoms with Gasteiger partial charge in [-0.25, -0.2) is 4.79 Å². The Kier molecular flexibility index (Phi) is 7.12. The second kappa shape index (κ2) is 9.77. The van der Waals surface area contributed by atoms with Crippen LogP contribution in [0, 0.1) is 0 Å². The molecule has 0 saturated carbocycles. The lowest BCUT2D eigenvalue weighted by atomic mass is 10.0. The number of nitrogens with one attached hydrogen (secondary N) is 1. The Morgan fingerprint density at radius 3 is 2.40 bits per heavy atom. The summed E-state index contributed by atoms with van der Waals surface area (Å²) in [5.74, 6) is 0.344. The Balaban J connectivity index is 2.04. The van der Waals surface area contributed by atoms with E-state index < -0.39 is 5.97 Å². The molecule has 3 rings (SSSR count). The van der Waals surface area contributed by atoms with E-state index in [-0.39, 0.29) is 18.1 Å². The van der Waals surface area contributed by atoms with Crippen molar-refractivity contribution in [1.29, 1.82) is 0 Å². The van der Waals surface area contributed by atoms with E-state index in [1.165, 1.54) is 11.3 Å². The van der Waals surface area contributed by atoms with Gasteiger partial charge in [0.2, 0.25) is 0 Å². The number of esters is 1. The van der Waals surface area contributed by atoms with Gasteiger partial charge < -0.3 is 19.5 Å². The summed E-state index contributed by atoms with van der Waals surface area (Å²) in [7, 11) is 3.11. The average molecular weight is 490 g/mol. The molecule has 8 heteroatoms. The van der Waals surface area contributed by atoms with Crippen LogP contribution >= 0.6 is 27.3 Å². The molecule has 1 N–H and O–H groups in total. The Labute approximate surface area is 186 Å². The van der Waals surface area contributed by atoms with Gasteiger partial charge in [-0.3, -0.25) is 4.79 Å². The number of anilines is 1. The first-order valence-electron chi connectivity index (χ1n) is 9.06. The Morgan fingerprint density at radius 2 is 1.77 bits per heavy atom. The molecule has 2 aromatic carbocycles. The second-order valence-electron chi connectivity index (χ2n) is 6.10. The van der Waals surface area contributed by atoms with Crippen molar-refractivity contribution >= 4 is 44.1 Å². The zero-order valence-electron chi connectivity index (χ0n) is 16.7. The van der Waals surface area contributed by atoms with Crippen molar-refractivity contribution in [3.05, 3.63) is 63.4 Å². The number of benzene rings is 2. The van der Waals surface area contributed by atoms with Crippen LogP contribution in [0.5, 0.6) is 11.5 Å². The number of ether oxygens (including phenoxy) is 3. The number of rotatable bonds is 7. The first-order chi connectivity index (χ1) is 14.5. The van der Waals surface area contributed by atoms with Gasteiger partial charge in [0, 0.05) is 32.6 Å². The van der Waals surface area contributed by atoms with Crippen LogP contribution in [0.15, 0.2) is 52.3 Å². The maximum absolute atomic E-state index is 12.8. The molecule has 1 heterocycles. The molecule has 1 amide bonds. The summed E-state index contributed by atoms with van der Waals surface area (Å²) < 4.78 is 16.9. The monoisotopic (exact) mass is 489 g/mol. The summed E-state index contributed by atoms with van der Waals surface area (Å²) in [6, 6.07) is 12.3. The molecule has 0 bridgehead atoms. The number of carbonyl (C=O) groups excluding carboxylic acids is 2. The fourth-order valence-electron chi connectivity index (χ4n) is 2.85. The predicted octanol–water partition coefficient (Wildman–Crippen LogP) is 5.62. The molecular weight excluding hydrogens is 470 g/mol. The van der Waals surface area contributed by atoms with E-state index in [1.54, 1.807) is 62.9 Å². The van der Waals surface area contributed by atoms with Gasteiger partial charge in [0.25, 0.3) is 5.91 Å². The van der Waals surface area contributed by atoms with E-state index in [0.717, 1.165) is 4.47 Å². The molecule has 6 nitrogen and oxygen atoms in total. The zero-order valence-corrected chi connectivity index (χ0v) is 19.1. The van der Waals surface area contributed by atoms with Gasteiger partial charge in [0.1, 0.15) is 22.1 Å². The quantitative estimate of drug-likeness (QED) is 0.435. The predicted molar refractivity (Wildman–Crippen MR) is 121 cm³/mol. The van der Waals surface area contributed by atoms with Crippen molar-refractivity contribution in [1.82, 2.24) is 0 Å². The van der Waals surface area contributed by atoms with Crippen LogP contribution in [-0.2, 0) is 4.74 Å². The van der Waals surface area contributed by atoms with Crippen LogP contribution in [0.1, 0.15) is 27.6 Å². The SMILES string of the molecule is CCOC(=O)c1c(-c2ccc(OC)cc2OC)csc1NC(=O)c1ccc(Br)cc1. The molecule has 0 aliphatic heterocycles. The third kappa shape index (κ3) is 4.66. The number of amides is 1. The van der Waals surface area contributed by atoms with Gasteiger partial charge in [-0.05, 0) is 43.3 Å². The molecule has 0 aliphatic rings. The number of methoxy groups -OCH3 is 2.